The van der Waals surface area contributed by atoms with Crippen molar-refractivity contribution >= 4 is 41.5 Å². The van der Waals surface area contributed by atoms with Crippen LogP contribution in [0.5, 0.6) is 0 Å². The molecule has 0 spiro atoms. The summed E-state index contributed by atoms with van der Waals surface area (Å²) in [5.41, 5.74) is 18.9. The quantitative estimate of drug-likeness (QED) is 0.106. The van der Waals surface area contributed by atoms with Gasteiger partial charge in [-0.05, 0) is 12.5 Å². The van der Waals surface area contributed by atoms with Gasteiger partial charge in [0.25, 0.3) is 0 Å². The monoisotopic (exact) mass is 511 g/mol. The van der Waals surface area contributed by atoms with Gasteiger partial charge in [0.1, 0.15) is 11.6 Å². The summed E-state index contributed by atoms with van der Waals surface area (Å²) >= 11 is 0. The van der Waals surface area contributed by atoms with Crippen LogP contribution in [0.2, 0.25) is 0 Å². The molecule has 0 aliphatic carbocycles. The average molecular weight is 512 g/mol. The van der Waals surface area contributed by atoms with E-state index in [2.05, 4.69) is 22.2 Å². The number of imidazole rings is 1. The standard InChI is InChI=1S/C21H34N7O6P/c1-2-3-8-25-21-27-18-19(16-6-4-5-7-17(16)26-20(18)24)28(21)9-10-33-35(29,30)34-12-15(32-14-23)11-31-13-22/h4-7,15H,2-3,8-14,22-23H2,1H3,(H2,24,26)(H,25,27)(H,29,30)/t15-/m1/s1. The van der Waals surface area contributed by atoms with Gasteiger partial charge in [0, 0.05) is 11.9 Å². The van der Waals surface area contributed by atoms with E-state index in [4.69, 9.17) is 35.7 Å². The number of hydrogen-bond donors (Lipinski definition) is 5. The molecule has 1 aromatic carbocycles. The molecular weight excluding hydrogens is 477 g/mol. The summed E-state index contributed by atoms with van der Waals surface area (Å²) in [6, 6.07) is 7.58. The SMILES string of the molecule is CCCCNc1nc2c(N)nc3ccccc3c2n1CCOP(=O)(O)OC[C@@H](COCN)OCN. The number of ether oxygens (including phenoxy) is 2. The van der Waals surface area contributed by atoms with Gasteiger partial charge in [0.05, 0.1) is 50.9 Å². The average Bonchev–Trinajstić information content (AvgIpc) is 3.20. The summed E-state index contributed by atoms with van der Waals surface area (Å²) in [5, 5.41) is 4.17. The number of benzene rings is 1. The highest BCUT2D eigenvalue weighted by molar-refractivity contribution is 7.47. The fourth-order valence-corrected chi connectivity index (χ4v) is 4.27. The minimum absolute atomic E-state index is 0.0279. The third-order valence-electron chi connectivity index (χ3n) is 5.17. The first kappa shape index (κ1) is 27.2. The predicted molar refractivity (Wildman–Crippen MR) is 134 cm³/mol. The lowest BCUT2D eigenvalue weighted by molar-refractivity contribution is -0.0399. The highest BCUT2D eigenvalue weighted by Gasteiger charge is 2.25. The zero-order valence-corrected chi connectivity index (χ0v) is 20.7. The van der Waals surface area contributed by atoms with Gasteiger partial charge >= 0.3 is 7.82 Å². The van der Waals surface area contributed by atoms with Crippen LogP contribution in [0.3, 0.4) is 0 Å². The molecule has 35 heavy (non-hydrogen) atoms. The number of pyridine rings is 1. The maximum absolute atomic E-state index is 12.4. The number of nitrogens with zero attached hydrogens (tertiary/aromatic N) is 3. The number of para-hydroxylation sites is 1. The number of unbranched alkanes of at least 4 members (excludes halogenated alkanes) is 1. The van der Waals surface area contributed by atoms with E-state index in [0.29, 0.717) is 23.8 Å². The third kappa shape index (κ3) is 7.32. The van der Waals surface area contributed by atoms with E-state index in [1.807, 2.05) is 28.8 Å². The lowest BCUT2D eigenvalue weighted by atomic mass is 10.2. The van der Waals surface area contributed by atoms with Gasteiger partial charge in [-0.1, -0.05) is 31.5 Å². The lowest BCUT2D eigenvalue weighted by Crippen LogP contribution is -2.29. The molecule has 0 saturated heterocycles. The number of phosphoric ester groups is 1. The molecule has 3 rings (SSSR count). The molecule has 0 amide bonds. The van der Waals surface area contributed by atoms with Gasteiger partial charge < -0.3 is 41.5 Å². The lowest BCUT2D eigenvalue weighted by Gasteiger charge is -2.19. The van der Waals surface area contributed by atoms with Gasteiger partial charge in [-0.2, -0.15) is 0 Å². The molecule has 3 aromatic rings. The van der Waals surface area contributed by atoms with E-state index in [0.717, 1.165) is 29.3 Å². The number of rotatable bonds is 16. The molecule has 2 aromatic heterocycles. The fourth-order valence-electron chi connectivity index (χ4n) is 3.53. The van der Waals surface area contributed by atoms with E-state index in [1.54, 1.807) is 0 Å². The second-order valence-electron chi connectivity index (χ2n) is 7.67. The van der Waals surface area contributed by atoms with Crippen LogP contribution in [0.15, 0.2) is 24.3 Å². The summed E-state index contributed by atoms with van der Waals surface area (Å²) < 4.78 is 34.9. The van der Waals surface area contributed by atoms with Crippen molar-refractivity contribution in [3.05, 3.63) is 24.3 Å². The molecule has 0 aliphatic heterocycles. The number of nitrogen functional groups attached to an aromatic ring is 1. The molecule has 0 radical (unpaired) electrons. The molecule has 0 fully saturated rings. The second-order valence-corrected chi connectivity index (χ2v) is 9.12. The van der Waals surface area contributed by atoms with E-state index in [9.17, 15) is 9.46 Å². The Morgan fingerprint density at radius 1 is 1.17 bits per heavy atom. The highest BCUT2D eigenvalue weighted by Crippen LogP contribution is 2.43. The van der Waals surface area contributed by atoms with Crippen molar-refractivity contribution in [3.8, 4) is 0 Å². The molecule has 194 valence electrons. The van der Waals surface area contributed by atoms with Crippen LogP contribution >= 0.6 is 7.82 Å². The molecule has 14 heteroatoms. The van der Waals surface area contributed by atoms with E-state index >= 15 is 0 Å². The van der Waals surface area contributed by atoms with Crippen LogP contribution in [0, 0.1) is 0 Å². The third-order valence-corrected chi connectivity index (χ3v) is 6.15. The summed E-state index contributed by atoms with van der Waals surface area (Å²) in [7, 11) is -4.38. The number of nitrogens with two attached hydrogens (primary N) is 3. The smallest absolute Gasteiger partial charge is 0.382 e. The largest absolute Gasteiger partial charge is 0.472 e. The Kier molecular flexibility index (Phi) is 10.2. The molecule has 0 aliphatic rings. The van der Waals surface area contributed by atoms with Gasteiger partial charge in [0.2, 0.25) is 5.95 Å². The van der Waals surface area contributed by atoms with Crippen molar-refractivity contribution in [2.45, 2.75) is 32.4 Å². The van der Waals surface area contributed by atoms with Crippen molar-refractivity contribution in [2.24, 2.45) is 11.5 Å². The predicted octanol–water partition coefficient (Wildman–Crippen LogP) is 1.75. The number of anilines is 2. The summed E-state index contributed by atoms with van der Waals surface area (Å²) in [5.74, 6) is 0.879. The van der Waals surface area contributed by atoms with Crippen LogP contribution in [-0.4, -0.2) is 65.4 Å². The maximum Gasteiger partial charge on any atom is 0.472 e. The normalized spacial score (nSPS) is 14.4. The van der Waals surface area contributed by atoms with Crippen LogP contribution in [0.4, 0.5) is 11.8 Å². The van der Waals surface area contributed by atoms with Gasteiger partial charge in [-0.3, -0.25) is 9.05 Å². The zero-order valence-electron chi connectivity index (χ0n) is 19.8. The van der Waals surface area contributed by atoms with E-state index < -0.39 is 13.9 Å². The second kappa shape index (κ2) is 13.1. The first-order valence-corrected chi connectivity index (χ1v) is 12.9. The van der Waals surface area contributed by atoms with E-state index in [-0.39, 0.29) is 39.8 Å². The first-order chi connectivity index (χ1) is 16.9. The number of phosphoric acid groups is 1. The van der Waals surface area contributed by atoms with Crippen LogP contribution in [0.25, 0.3) is 21.9 Å². The van der Waals surface area contributed by atoms with Crippen LogP contribution in [0.1, 0.15) is 19.8 Å². The Labute approximate surface area is 203 Å². The minimum Gasteiger partial charge on any atom is -0.382 e. The highest BCUT2D eigenvalue weighted by atomic mass is 31.2. The van der Waals surface area contributed by atoms with Crippen LogP contribution < -0.4 is 22.5 Å². The van der Waals surface area contributed by atoms with Crippen molar-refractivity contribution < 1.29 is 28.0 Å². The van der Waals surface area contributed by atoms with Gasteiger partial charge in [0.15, 0.2) is 5.82 Å². The zero-order chi connectivity index (χ0) is 25.3. The summed E-state index contributed by atoms with van der Waals surface area (Å²) in [4.78, 5) is 19.2. The summed E-state index contributed by atoms with van der Waals surface area (Å²) in [6.07, 6.45) is 1.30. The molecule has 8 N–H and O–H groups in total. The van der Waals surface area contributed by atoms with E-state index in [1.165, 1.54) is 0 Å². The molecular formula is C21H34N7O6P. The molecule has 1 unspecified atom stereocenters. The Hall–Kier alpha value is -2.35. The Balaban J connectivity index is 1.77. The summed E-state index contributed by atoms with van der Waals surface area (Å²) in [6.45, 7) is 2.57. The number of fused-ring (bicyclic) bond motifs is 3. The minimum atomic E-state index is -4.38. The maximum atomic E-state index is 12.4. The number of aromatic nitrogens is 3. The van der Waals surface area contributed by atoms with Crippen molar-refractivity contribution in [1.29, 1.82) is 0 Å². The molecule has 2 atom stereocenters. The molecule has 2 heterocycles. The van der Waals surface area contributed by atoms with Gasteiger partial charge in [-0.15, -0.1) is 0 Å². The van der Waals surface area contributed by atoms with Crippen molar-refractivity contribution in [2.75, 3.05) is 50.9 Å². The Bertz CT molecular complexity index is 1140. The first-order valence-electron chi connectivity index (χ1n) is 11.4. The van der Waals surface area contributed by atoms with Crippen molar-refractivity contribution in [3.63, 3.8) is 0 Å². The molecule has 0 bridgehead atoms. The fraction of sp³-hybridized carbons (Fsp3) is 0.524. The number of hydrogen-bond acceptors (Lipinski definition) is 11. The Morgan fingerprint density at radius 2 is 1.97 bits per heavy atom. The number of nitrogens with one attached hydrogen (secondary N) is 1. The molecule has 0 saturated carbocycles. The van der Waals surface area contributed by atoms with Crippen LogP contribution in [-0.2, 0) is 29.6 Å². The molecule has 13 nitrogen and oxygen atoms in total. The van der Waals surface area contributed by atoms with Gasteiger partial charge in [-0.25, -0.2) is 14.5 Å². The Morgan fingerprint density at radius 3 is 2.71 bits per heavy atom. The van der Waals surface area contributed by atoms with Crippen molar-refractivity contribution in [1.82, 2.24) is 14.5 Å². The topological polar surface area (TPSA) is 195 Å².